The zero-order valence-corrected chi connectivity index (χ0v) is 16.2. The number of carbonyl (C=O) groups is 1. The summed E-state index contributed by atoms with van der Waals surface area (Å²) in [5.74, 6) is 0.810. The Morgan fingerprint density at radius 2 is 1.81 bits per heavy atom. The molecule has 142 valence electrons. The number of hydrogen-bond acceptors (Lipinski definition) is 4. The molecular weight excluding hydrogens is 354 g/mol. The molecule has 0 aliphatic heterocycles. The van der Waals surface area contributed by atoms with Gasteiger partial charge >= 0.3 is 5.97 Å². The molecule has 0 saturated carbocycles. The van der Waals surface area contributed by atoms with Gasteiger partial charge in [-0.05, 0) is 55.8 Å². The number of ether oxygens (including phenoxy) is 2. The molecule has 1 atom stereocenters. The molecule has 0 fully saturated rings. The predicted octanol–water partition coefficient (Wildman–Crippen LogP) is 3.64. The molecule has 0 aromatic heterocycles. The summed E-state index contributed by atoms with van der Waals surface area (Å²) in [6, 6.07) is 15.9. The second-order valence-electron chi connectivity index (χ2n) is 6.15. The Kier molecular flexibility index (Phi) is 8.96. The van der Waals surface area contributed by atoms with Crippen molar-refractivity contribution in [3.05, 3.63) is 59.7 Å². The van der Waals surface area contributed by atoms with E-state index in [0.29, 0.717) is 6.61 Å². The maximum atomic E-state index is 10.8. The summed E-state index contributed by atoms with van der Waals surface area (Å²) >= 11 is 0. The second kappa shape index (κ2) is 10.7. The molecule has 1 N–H and O–H groups in total. The number of rotatable bonds is 9. The van der Waals surface area contributed by atoms with Crippen LogP contribution >= 0.6 is 12.4 Å². The normalized spacial score (nSPS) is 11.5. The fourth-order valence-corrected chi connectivity index (χ4v) is 2.52. The largest absolute Gasteiger partial charge is 0.497 e. The van der Waals surface area contributed by atoms with E-state index in [1.807, 2.05) is 67.4 Å². The van der Waals surface area contributed by atoms with Gasteiger partial charge in [-0.2, -0.15) is 0 Å². The molecule has 0 aliphatic rings. The van der Waals surface area contributed by atoms with Crippen LogP contribution in [-0.4, -0.2) is 42.7 Å². The summed E-state index contributed by atoms with van der Waals surface area (Å²) in [6.07, 6.45) is 0.792. The first-order valence-electron chi connectivity index (χ1n) is 8.24. The number of benzene rings is 2. The Labute approximate surface area is 161 Å². The predicted molar refractivity (Wildman–Crippen MR) is 104 cm³/mol. The zero-order valence-electron chi connectivity index (χ0n) is 15.3. The first-order chi connectivity index (χ1) is 12.0. The summed E-state index contributed by atoms with van der Waals surface area (Å²) < 4.78 is 11.0. The third kappa shape index (κ3) is 6.94. The van der Waals surface area contributed by atoms with E-state index in [-0.39, 0.29) is 25.0 Å². The van der Waals surface area contributed by atoms with Gasteiger partial charge in [0.1, 0.15) is 18.1 Å². The van der Waals surface area contributed by atoms with E-state index in [0.717, 1.165) is 29.0 Å². The highest BCUT2D eigenvalue weighted by molar-refractivity contribution is 5.85. The van der Waals surface area contributed by atoms with Crippen LogP contribution in [0.1, 0.15) is 18.1 Å². The van der Waals surface area contributed by atoms with Crippen LogP contribution in [0.5, 0.6) is 11.5 Å². The van der Waals surface area contributed by atoms with Crippen LogP contribution < -0.4 is 9.47 Å². The van der Waals surface area contributed by atoms with Crippen LogP contribution in [0.15, 0.2) is 48.5 Å². The average molecular weight is 380 g/mol. The fourth-order valence-electron chi connectivity index (χ4n) is 2.52. The quantitative estimate of drug-likeness (QED) is 0.720. The van der Waals surface area contributed by atoms with Crippen molar-refractivity contribution in [3.63, 3.8) is 0 Å². The Morgan fingerprint density at radius 1 is 1.12 bits per heavy atom. The van der Waals surface area contributed by atoms with Crippen LogP contribution in [0.4, 0.5) is 0 Å². The van der Waals surface area contributed by atoms with Crippen molar-refractivity contribution in [1.29, 1.82) is 0 Å². The first-order valence-corrected chi connectivity index (χ1v) is 8.24. The molecule has 0 saturated heterocycles. The molecule has 0 amide bonds. The van der Waals surface area contributed by atoms with E-state index in [9.17, 15) is 4.79 Å². The third-order valence-corrected chi connectivity index (χ3v) is 4.13. The lowest BCUT2D eigenvalue weighted by Gasteiger charge is -2.22. The summed E-state index contributed by atoms with van der Waals surface area (Å²) in [5.41, 5.74) is 2.20. The number of halogens is 1. The molecule has 26 heavy (non-hydrogen) atoms. The van der Waals surface area contributed by atoms with E-state index in [1.54, 1.807) is 7.11 Å². The molecule has 0 radical (unpaired) electrons. The first kappa shape index (κ1) is 21.8. The molecule has 2 aromatic carbocycles. The van der Waals surface area contributed by atoms with E-state index in [2.05, 4.69) is 0 Å². The summed E-state index contributed by atoms with van der Waals surface area (Å²) in [4.78, 5) is 12.6. The number of aliphatic carboxylic acids is 1. The number of methoxy groups -OCH3 is 1. The van der Waals surface area contributed by atoms with Crippen molar-refractivity contribution in [2.45, 2.75) is 26.0 Å². The highest BCUT2D eigenvalue weighted by atomic mass is 35.5. The van der Waals surface area contributed by atoms with Gasteiger partial charge in [-0.1, -0.05) is 24.3 Å². The number of nitrogens with zero attached hydrogens (tertiary/aromatic N) is 1. The van der Waals surface area contributed by atoms with Crippen LogP contribution in [0, 0.1) is 0 Å². The van der Waals surface area contributed by atoms with E-state index in [4.69, 9.17) is 14.6 Å². The topological polar surface area (TPSA) is 59.0 Å². The van der Waals surface area contributed by atoms with Gasteiger partial charge in [0, 0.05) is 6.04 Å². The van der Waals surface area contributed by atoms with Gasteiger partial charge in [0.15, 0.2) is 0 Å². The standard InChI is InChI=1S/C20H25NO4.ClH/c1-15(21(2)13-20(22)23)11-16-7-9-18(10-8-16)25-14-17-5-4-6-19(12-17)24-3;/h4-10,12,15H,11,13-14H2,1-3H3,(H,22,23);1H. The summed E-state index contributed by atoms with van der Waals surface area (Å²) in [5, 5.41) is 8.86. The van der Waals surface area contributed by atoms with Crippen molar-refractivity contribution in [2.75, 3.05) is 20.7 Å². The minimum absolute atomic E-state index is 0. The van der Waals surface area contributed by atoms with Gasteiger partial charge in [-0.3, -0.25) is 9.69 Å². The van der Waals surface area contributed by atoms with Crippen LogP contribution in [0.3, 0.4) is 0 Å². The van der Waals surface area contributed by atoms with Gasteiger partial charge in [-0.25, -0.2) is 0 Å². The van der Waals surface area contributed by atoms with Crippen molar-refractivity contribution >= 4 is 18.4 Å². The Bertz CT molecular complexity index is 690. The minimum Gasteiger partial charge on any atom is -0.497 e. The molecule has 0 aliphatic carbocycles. The molecular formula is C20H26ClNO4. The van der Waals surface area contributed by atoms with E-state index < -0.39 is 5.97 Å². The smallest absolute Gasteiger partial charge is 0.317 e. The average Bonchev–Trinajstić information content (AvgIpc) is 2.60. The van der Waals surface area contributed by atoms with E-state index in [1.165, 1.54) is 0 Å². The number of carboxylic acid groups (broad SMARTS) is 1. The molecule has 0 spiro atoms. The number of hydrogen-bond donors (Lipinski definition) is 1. The van der Waals surface area contributed by atoms with Gasteiger partial charge in [0.05, 0.1) is 13.7 Å². The second-order valence-corrected chi connectivity index (χ2v) is 6.15. The lowest BCUT2D eigenvalue weighted by atomic mass is 10.1. The fraction of sp³-hybridized carbons (Fsp3) is 0.350. The molecule has 2 rings (SSSR count). The Balaban J connectivity index is 0.00000338. The van der Waals surface area contributed by atoms with Crippen molar-refractivity contribution in [3.8, 4) is 11.5 Å². The molecule has 0 heterocycles. The van der Waals surface area contributed by atoms with Crippen molar-refractivity contribution < 1.29 is 19.4 Å². The van der Waals surface area contributed by atoms with Crippen LogP contribution in [-0.2, 0) is 17.8 Å². The maximum absolute atomic E-state index is 10.8. The highest BCUT2D eigenvalue weighted by Gasteiger charge is 2.12. The molecule has 6 heteroatoms. The molecule has 2 aromatic rings. The summed E-state index contributed by atoms with van der Waals surface area (Å²) in [7, 11) is 3.47. The Hall–Kier alpha value is -2.24. The van der Waals surface area contributed by atoms with Crippen molar-refractivity contribution in [1.82, 2.24) is 4.90 Å². The zero-order chi connectivity index (χ0) is 18.2. The molecule has 1 unspecified atom stereocenters. The number of likely N-dealkylation sites (N-methyl/N-ethyl adjacent to an activating group) is 1. The molecule has 0 bridgehead atoms. The van der Waals surface area contributed by atoms with Gasteiger partial charge in [0.2, 0.25) is 0 Å². The number of carboxylic acids is 1. The lowest BCUT2D eigenvalue weighted by molar-refractivity contribution is -0.138. The molecule has 5 nitrogen and oxygen atoms in total. The van der Waals surface area contributed by atoms with Crippen molar-refractivity contribution in [2.24, 2.45) is 0 Å². The van der Waals surface area contributed by atoms with Gasteiger partial charge in [-0.15, -0.1) is 12.4 Å². The lowest BCUT2D eigenvalue weighted by Crippen LogP contribution is -2.35. The SMILES string of the molecule is COc1cccc(COc2ccc(CC(C)N(C)CC(=O)O)cc2)c1.Cl. The third-order valence-electron chi connectivity index (χ3n) is 4.13. The summed E-state index contributed by atoms with van der Waals surface area (Å²) in [6.45, 7) is 2.55. The van der Waals surface area contributed by atoms with Crippen LogP contribution in [0.25, 0.3) is 0 Å². The highest BCUT2D eigenvalue weighted by Crippen LogP contribution is 2.18. The van der Waals surface area contributed by atoms with E-state index >= 15 is 0 Å². The van der Waals surface area contributed by atoms with Gasteiger partial charge < -0.3 is 14.6 Å². The monoisotopic (exact) mass is 379 g/mol. The maximum Gasteiger partial charge on any atom is 0.317 e. The van der Waals surface area contributed by atoms with Gasteiger partial charge in [0.25, 0.3) is 0 Å². The van der Waals surface area contributed by atoms with Crippen LogP contribution in [0.2, 0.25) is 0 Å². The Morgan fingerprint density at radius 3 is 2.42 bits per heavy atom. The minimum atomic E-state index is -0.810.